The van der Waals surface area contributed by atoms with Gasteiger partial charge >= 0.3 is 5.97 Å². The van der Waals surface area contributed by atoms with E-state index in [0.717, 1.165) is 16.3 Å². The van der Waals surface area contributed by atoms with Crippen LogP contribution in [0.4, 0.5) is 0 Å². The third-order valence-corrected chi connectivity index (χ3v) is 4.04. The van der Waals surface area contributed by atoms with Gasteiger partial charge in [-0.15, -0.1) is 0 Å². The smallest absolute Gasteiger partial charge is 0.338 e. The van der Waals surface area contributed by atoms with Crippen molar-refractivity contribution in [2.75, 3.05) is 0 Å². The molecule has 4 rings (SSSR count). The van der Waals surface area contributed by atoms with Crippen LogP contribution in [0.3, 0.4) is 0 Å². The van der Waals surface area contributed by atoms with Gasteiger partial charge in [0.15, 0.2) is 0 Å². The minimum atomic E-state index is -0.388. The summed E-state index contributed by atoms with van der Waals surface area (Å²) >= 11 is 0. The number of carbonyl (C=O) groups is 1. The first-order chi connectivity index (χ1) is 10.6. The van der Waals surface area contributed by atoms with Gasteiger partial charge in [-0.1, -0.05) is 49.1 Å². The highest BCUT2D eigenvalue weighted by Crippen LogP contribution is 2.25. The molecule has 2 aliphatic rings. The van der Waals surface area contributed by atoms with Gasteiger partial charge in [-0.2, -0.15) is 0 Å². The first-order valence-electron chi connectivity index (χ1n) is 7.19. The third kappa shape index (κ3) is 1.77. The number of benzene rings is 2. The van der Waals surface area contributed by atoms with E-state index in [1.807, 2.05) is 24.3 Å². The molecule has 22 heavy (non-hydrogen) atoms. The number of carbonyl (C=O) groups excluding carboxylic acids is 1. The van der Waals surface area contributed by atoms with Gasteiger partial charge in [0.2, 0.25) is 0 Å². The highest BCUT2D eigenvalue weighted by Gasteiger charge is 2.19. The Labute approximate surface area is 127 Å². The van der Waals surface area contributed by atoms with Crippen molar-refractivity contribution in [2.24, 2.45) is 0 Å². The maximum absolute atomic E-state index is 11.8. The molecule has 2 aromatic carbocycles. The van der Waals surface area contributed by atoms with Crippen molar-refractivity contribution in [3.63, 3.8) is 0 Å². The Morgan fingerprint density at radius 2 is 1.82 bits per heavy atom. The second kappa shape index (κ2) is 4.57. The molecular weight excluding hydrogens is 272 g/mol. The SMILES string of the molecule is C=C(C)C(=O)OC1=CC=c2ccc3c(c21)C=c1ccccc1=3. The lowest BCUT2D eigenvalue weighted by atomic mass is 10.0. The van der Waals surface area contributed by atoms with Crippen LogP contribution < -0.4 is 10.4 Å². The Hall–Kier alpha value is -2.87. The van der Waals surface area contributed by atoms with Crippen molar-refractivity contribution in [3.8, 4) is 0 Å². The van der Waals surface area contributed by atoms with Crippen molar-refractivity contribution < 1.29 is 9.53 Å². The topological polar surface area (TPSA) is 26.3 Å². The lowest BCUT2D eigenvalue weighted by Gasteiger charge is -2.09. The van der Waals surface area contributed by atoms with Crippen LogP contribution in [-0.2, 0) is 9.53 Å². The fourth-order valence-corrected chi connectivity index (χ4v) is 2.98. The predicted octanol–water partition coefficient (Wildman–Crippen LogP) is 2.37. The zero-order valence-corrected chi connectivity index (χ0v) is 12.2. The van der Waals surface area contributed by atoms with Crippen LogP contribution in [-0.4, -0.2) is 5.97 Å². The van der Waals surface area contributed by atoms with Gasteiger partial charge in [0.05, 0.1) is 0 Å². The fraction of sp³-hybridized carbons (Fsp3) is 0.0500. The molecule has 0 atom stereocenters. The van der Waals surface area contributed by atoms with Gasteiger partial charge in [0.1, 0.15) is 5.76 Å². The van der Waals surface area contributed by atoms with Gasteiger partial charge < -0.3 is 4.74 Å². The summed E-state index contributed by atoms with van der Waals surface area (Å²) in [6.07, 6.45) is 5.99. The van der Waals surface area contributed by atoms with Crippen LogP contribution in [0.2, 0.25) is 0 Å². The van der Waals surface area contributed by atoms with Crippen LogP contribution in [0.15, 0.2) is 54.6 Å². The van der Waals surface area contributed by atoms with E-state index >= 15 is 0 Å². The molecule has 0 saturated heterocycles. The van der Waals surface area contributed by atoms with Gasteiger partial charge in [0, 0.05) is 11.1 Å². The maximum Gasteiger partial charge on any atom is 0.338 e. The molecule has 0 radical (unpaired) electrons. The van der Waals surface area contributed by atoms with Gasteiger partial charge in [-0.3, -0.25) is 0 Å². The van der Waals surface area contributed by atoms with Crippen LogP contribution in [0.25, 0.3) is 17.9 Å². The Morgan fingerprint density at radius 1 is 1.00 bits per heavy atom. The quantitative estimate of drug-likeness (QED) is 0.534. The Bertz CT molecular complexity index is 1090. The summed E-state index contributed by atoms with van der Waals surface area (Å²) in [5, 5.41) is 4.68. The maximum atomic E-state index is 11.8. The minimum absolute atomic E-state index is 0.388. The summed E-state index contributed by atoms with van der Waals surface area (Å²) in [7, 11) is 0. The summed E-state index contributed by atoms with van der Waals surface area (Å²) in [4.78, 5) is 11.8. The standard InChI is InChI=1S/C20H14O2/c1-12(2)20(21)22-18-10-8-13-7-9-16-15-6-4-3-5-14(15)11-17(16)19(13)18/h3-11H,1H2,2H3. The molecule has 0 N–H and O–H groups in total. The van der Waals surface area contributed by atoms with E-state index in [2.05, 4.69) is 36.9 Å². The molecule has 0 bridgehead atoms. The number of allylic oxidation sites excluding steroid dienone is 1. The van der Waals surface area contributed by atoms with E-state index in [-0.39, 0.29) is 5.97 Å². The second-order valence-electron chi connectivity index (χ2n) is 5.59. The average Bonchev–Trinajstić information content (AvgIpc) is 3.08. The van der Waals surface area contributed by atoms with Crippen molar-refractivity contribution in [1.82, 2.24) is 0 Å². The van der Waals surface area contributed by atoms with E-state index < -0.39 is 0 Å². The number of fused-ring (bicyclic) bond motifs is 4. The molecule has 2 aliphatic carbocycles. The van der Waals surface area contributed by atoms with Gasteiger partial charge in [0.25, 0.3) is 0 Å². The van der Waals surface area contributed by atoms with E-state index in [1.54, 1.807) is 6.92 Å². The highest BCUT2D eigenvalue weighted by molar-refractivity contribution is 5.93. The lowest BCUT2D eigenvalue weighted by molar-refractivity contribution is -0.132. The fourth-order valence-electron chi connectivity index (χ4n) is 2.98. The Kier molecular flexibility index (Phi) is 2.67. The molecule has 0 heterocycles. The molecule has 0 unspecified atom stereocenters. The minimum Gasteiger partial charge on any atom is -0.423 e. The monoisotopic (exact) mass is 286 g/mol. The molecule has 2 heteroatoms. The molecule has 0 saturated carbocycles. The third-order valence-electron chi connectivity index (χ3n) is 4.04. The Balaban J connectivity index is 1.94. The van der Waals surface area contributed by atoms with Crippen LogP contribution in [0, 0.1) is 10.4 Å². The zero-order chi connectivity index (χ0) is 15.3. The number of esters is 1. The average molecular weight is 286 g/mol. The molecule has 0 fully saturated rings. The molecule has 0 amide bonds. The summed E-state index contributed by atoms with van der Waals surface area (Å²) in [5.41, 5.74) is 2.51. The first kappa shape index (κ1) is 12.8. The molecule has 2 nitrogen and oxygen atoms in total. The van der Waals surface area contributed by atoms with Crippen molar-refractivity contribution >= 4 is 23.9 Å². The van der Waals surface area contributed by atoms with E-state index in [9.17, 15) is 4.79 Å². The van der Waals surface area contributed by atoms with Crippen molar-refractivity contribution in [2.45, 2.75) is 6.92 Å². The van der Waals surface area contributed by atoms with E-state index in [1.165, 1.54) is 15.7 Å². The molecule has 106 valence electrons. The van der Waals surface area contributed by atoms with E-state index in [0.29, 0.717) is 11.3 Å². The molecule has 2 aromatic rings. The number of hydrogen-bond donors (Lipinski definition) is 0. The molecule has 0 spiro atoms. The number of hydrogen-bond acceptors (Lipinski definition) is 2. The first-order valence-corrected chi connectivity index (χ1v) is 7.19. The van der Waals surface area contributed by atoms with Gasteiger partial charge in [-0.05, 0) is 45.5 Å². The lowest BCUT2D eigenvalue weighted by Crippen LogP contribution is -2.11. The van der Waals surface area contributed by atoms with Crippen LogP contribution in [0.5, 0.6) is 0 Å². The largest absolute Gasteiger partial charge is 0.423 e. The molecule has 0 aliphatic heterocycles. The Morgan fingerprint density at radius 3 is 2.64 bits per heavy atom. The summed E-state index contributed by atoms with van der Waals surface area (Å²) in [5.74, 6) is 0.213. The van der Waals surface area contributed by atoms with Crippen molar-refractivity contribution in [3.05, 3.63) is 86.6 Å². The predicted molar refractivity (Wildman–Crippen MR) is 86.7 cm³/mol. The van der Waals surface area contributed by atoms with Crippen LogP contribution >= 0.6 is 0 Å². The highest BCUT2D eigenvalue weighted by atomic mass is 16.5. The van der Waals surface area contributed by atoms with Crippen molar-refractivity contribution in [1.29, 1.82) is 0 Å². The number of rotatable bonds is 2. The zero-order valence-electron chi connectivity index (χ0n) is 12.2. The summed E-state index contributed by atoms with van der Waals surface area (Å²) in [6.45, 7) is 5.29. The number of ether oxygens (including phenoxy) is 1. The second-order valence-corrected chi connectivity index (χ2v) is 5.59. The summed E-state index contributed by atoms with van der Waals surface area (Å²) < 4.78 is 5.49. The van der Waals surface area contributed by atoms with Crippen LogP contribution in [0.1, 0.15) is 18.1 Å². The van der Waals surface area contributed by atoms with E-state index in [4.69, 9.17) is 4.74 Å². The summed E-state index contributed by atoms with van der Waals surface area (Å²) in [6, 6.07) is 12.5. The molecule has 0 aromatic heterocycles. The van der Waals surface area contributed by atoms with Gasteiger partial charge in [-0.25, -0.2) is 4.79 Å². The molecular formula is C20H14O2. The normalized spacial score (nSPS) is 13.2.